The zero-order valence-electron chi connectivity index (χ0n) is 20.9. The third kappa shape index (κ3) is 6.15. The summed E-state index contributed by atoms with van der Waals surface area (Å²) in [7, 11) is 7.64. The molecule has 0 heterocycles. The van der Waals surface area contributed by atoms with Crippen LogP contribution < -0.4 is 23.7 Å². The van der Waals surface area contributed by atoms with Crippen LogP contribution in [0.4, 0.5) is 5.69 Å². The van der Waals surface area contributed by atoms with E-state index in [1.807, 2.05) is 18.2 Å². The summed E-state index contributed by atoms with van der Waals surface area (Å²) in [6, 6.07) is 13.9. The van der Waals surface area contributed by atoms with Crippen molar-refractivity contribution in [2.45, 2.75) is 6.42 Å². The van der Waals surface area contributed by atoms with Gasteiger partial charge in [-0.2, -0.15) is 0 Å². The lowest BCUT2D eigenvalue weighted by atomic mass is 10.1. The number of carbonyl (C=O) groups is 1. The van der Waals surface area contributed by atoms with Crippen molar-refractivity contribution in [2.24, 2.45) is 4.99 Å². The second kappa shape index (κ2) is 12.3. The molecule has 3 aromatic carbocycles. The fraction of sp³-hybridized carbons (Fsp3) is 0.214. The van der Waals surface area contributed by atoms with Gasteiger partial charge in [-0.15, -0.1) is 0 Å². The van der Waals surface area contributed by atoms with Gasteiger partial charge in [0, 0.05) is 18.2 Å². The highest BCUT2D eigenvalue weighted by Crippen LogP contribution is 2.40. The summed E-state index contributed by atoms with van der Waals surface area (Å²) in [6.07, 6.45) is 5.21. The molecule has 0 radical (unpaired) electrons. The van der Waals surface area contributed by atoms with E-state index in [0.29, 0.717) is 39.8 Å². The van der Waals surface area contributed by atoms with Crippen molar-refractivity contribution >= 4 is 29.8 Å². The fourth-order valence-corrected chi connectivity index (χ4v) is 3.55. The molecule has 8 heteroatoms. The molecule has 0 spiro atoms. The van der Waals surface area contributed by atoms with Gasteiger partial charge in [-0.05, 0) is 47.5 Å². The summed E-state index contributed by atoms with van der Waals surface area (Å²) in [4.78, 5) is 16.9. The number of rotatable bonds is 11. The van der Waals surface area contributed by atoms with Gasteiger partial charge in [0.2, 0.25) is 5.75 Å². The number of hydrogen-bond acceptors (Lipinski definition) is 8. The minimum atomic E-state index is -0.112. The summed E-state index contributed by atoms with van der Waals surface area (Å²) >= 11 is 0. The van der Waals surface area contributed by atoms with Gasteiger partial charge in [0.15, 0.2) is 28.8 Å². The molecule has 0 saturated heterocycles. The van der Waals surface area contributed by atoms with Crippen molar-refractivity contribution in [1.29, 1.82) is 0 Å². The van der Waals surface area contributed by atoms with Crippen molar-refractivity contribution in [1.82, 2.24) is 0 Å². The molecular formula is C28H29NO7. The van der Waals surface area contributed by atoms with Crippen LogP contribution in [0.1, 0.15) is 27.9 Å². The lowest BCUT2D eigenvalue weighted by molar-refractivity contribution is 0.100. The Kier molecular flexibility index (Phi) is 8.94. The lowest BCUT2D eigenvalue weighted by Gasteiger charge is -2.13. The minimum Gasteiger partial charge on any atom is -0.504 e. The van der Waals surface area contributed by atoms with Crippen molar-refractivity contribution in [3.05, 3.63) is 65.2 Å². The number of phenolic OH excluding ortho intramolecular Hbond substituents is 1. The third-order valence-corrected chi connectivity index (χ3v) is 5.33. The van der Waals surface area contributed by atoms with E-state index >= 15 is 0 Å². The van der Waals surface area contributed by atoms with E-state index in [9.17, 15) is 9.90 Å². The number of ketones is 1. The van der Waals surface area contributed by atoms with Crippen LogP contribution in [0.2, 0.25) is 0 Å². The van der Waals surface area contributed by atoms with E-state index in [2.05, 4.69) is 4.99 Å². The molecule has 0 amide bonds. The molecule has 1 N–H and O–H groups in total. The summed E-state index contributed by atoms with van der Waals surface area (Å²) in [5.41, 5.74) is 2.39. The van der Waals surface area contributed by atoms with E-state index in [1.165, 1.54) is 13.3 Å². The van der Waals surface area contributed by atoms with E-state index in [4.69, 9.17) is 23.7 Å². The van der Waals surface area contributed by atoms with Crippen molar-refractivity contribution < 1.29 is 33.6 Å². The Balaban J connectivity index is 1.85. The van der Waals surface area contributed by atoms with Crippen molar-refractivity contribution in [3.8, 4) is 34.5 Å². The number of aromatic hydroxyl groups is 1. The molecule has 0 aromatic heterocycles. The molecule has 8 nitrogen and oxygen atoms in total. The summed E-state index contributed by atoms with van der Waals surface area (Å²) < 4.78 is 26.6. The number of nitrogens with zero attached hydrogens (tertiary/aromatic N) is 1. The molecule has 0 atom stereocenters. The normalized spacial score (nSPS) is 11.0. The number of Topliss-reactive ketones (excluding diaryl/α,β-unsaturated/α-hetero) is 1. The molecule has 0 aliphatic carbocycles. The molecule has 0 unspecified atom stereocenters. The van der Waals surface area contributed by atoms with E-state index in [1.54, 1.807) is 70.9 Å². The zero-order valence-corrected chi connectivity index (χ0v) is 20.9. The molecule has 188 valence electrons. The van der Waals surface area contributed by atoms with Gasteiger partial charge in [0.05, 0.1) is 35.5 Å². The highest BCUT2D eigenvalue weighted by Gasteiger charge is 2.13. The number of methoxy groups -OCH3 is 5. The second-order valence-electron chi connectivity index (χ2n) is 7.56. The molecule has 0 aliphatic heterocycles. The maximum Gasteiger partial charge on any atom is 0.203 e. The van der Waals surface area contributed by atoms with Crippen LogP contribution in [0.25, 0.3) is 12.2 Å². The van der Waals surface area contributed by atoms with Crippen LogP contribution in [-0.4, -0.2) is 52.7 Å². The Morgan fingerprint density at radius 1 is 0.806 bits per heavy atom. The minimum absolute atomic E-state index is 0.0720. The first-order valence-corrected chi connectivity index (χ1v) is 11.0. The van der Waals surface area contributed by atoms with Crippen molar-refractivity contribution in [2.75, 3.05) is 35.5 Å². The van der Waals surface area contributed by atoms with Crippen LogP contribution in [0.5, 0.6) is 34.5 Å². The first-order valence-electron chi connectivity index (χ1n) is 11.0. The van der Waals surface area contributed by atoms with Gasteiger partial charge in [-0.1, -0.05) is 24.3 Å². The topological polar surface area (TPSA) is 95.8 Å². The number of aliphatic imine (C=N–C) groups is 1. The zero-order chi connectivity index (χ0) is 26.1. The maximum absolute atomic E-state index is 12.5. The SMILES string of the molecule is COc1cccc(C(=O)CC=Nc2cc(/C=C\c3cc(OC)c(OC)c(OC)c3)cc(O)c2OC)c1. The van der Waals surface area contributed by atoms with Crippen LogP contribution >= 0.6 is 0 Å². The highest BCUT2D eigenvalue weighted by molar-refractivity contribution is 6.04. The smallest absolute Gasteiger partial charge is 0.203 e. The van der Waals surface area contributed by atoms with Gasteiger partial charge in [0.25, 0.3) is 0 Å². The Bertz CT molecular complexity index is 1260. The second-order valence-corrected chi connectivity index (χ2v) is 7.56. The number of benzene rings is 3. The van der Waals surface area contributed by atoms with Crippen LogP contribution in [0.15, 0.2) is 53.5 Å². The number of carbonyl (C=O) groups excluding carboxylic acids is 1. The standard InChI is InChI=1S/C28H29NO7/c1-32-21-8-6-7-20(17-21)23(30)11-12-29-22-13-18(14-24(31)27(22)35-4)9-10-19-15-25(33-2)28(36-5)26(16-19)34-3/h6-10,12-17,31H,11H2,1-5H3/b10-9-,29-12?. The molecular weight excluding hydrogens is 462 g/mol. The van der Waals surface area contributed by atoms with Crippen LogP contribution in [-0.2, 0) is 0 Å². The Morgan fingerprint density at radius 3 is 2.03 bits per heavy atom. The fourth-order valence-electron chi connectivity index (χ4n) is 3.55. The monoisotopic (exact) mass is 491 g/mol. The Labute approximate surface area is 210 Å². The van der Waals surface area contributed by atoms with Gasteiger partial charge in [-0.25, -0.2) is 0 Å². The predicted molar refractivity (Wildman–Crippen MR) is 140 cm³/mol. The van der Waals surface area contributed by atoms with Crippen LogP contribution in [0.3, 0.4) is 0 Å². The molecule has 0 fully saturated rings. The average molecular weight is 492 g/mol. The molecule has 0 aliphatic rings. The van der Waals surface area contributed by atoms with Gasteiger partial charge < -0.3 is 28.8 Å². The molecule has 0 bridgehead atoms. The van der Waals surface area contributed by atoms with E-state index < -0.39 is 0 Å². The number of hydrogen-bond donors (Lipinski definition) is 1. The largest absolute Gasteiger partial charge is 0.504 e. The summed E-state index contributed by atoms with van der Waals surface area (Å²) in [6.45, 7) is 0. The van der Waals surface area contributed by atoms with Gasteiger partial charge >= 0.3 is 0 Å². The Hall–Kier alpha value is -4.46. The number of phenols is 1. The van der Waals surface area contributed by atoms with Crippen molar-refractivity contribution in [3.63, 3.8) is 0 Å². The quantitative estimate of drug-likeness (QED) is 0.212. The predicted octanol–water partition coefficient (Wildman–Crippen LogP) is 5.58. The Morgan fingerprint density at radius 2 is 1.44 bits per heavy atom. The maximum atomic E-state index is 12.5. The lowest BCUT2D eigenvalue weighted by Crippen LogP contribution is -2.00. The summed E-state index contributed by atoms with van der Waals surface area (Å²) in [5.74, 6) is 2.19. The molecule has 3 aromatic rings. The van der Waals surface area contributed by atoms with Gasteiger partial charge in [0.1, 0.15) is 11.4 Å². The van der Waals surface area contributed by atoms with E-state index in [0.717, 1.165) is 5.56 Å². The van der Waals surface area contributed by atoms with Crippen LogP contribution in [0, 0.1) is 0 Å². The summed E-state index contributed by atoms with van der Waals surface area (Å²) in [5, 5.41) is 10.5. The molecule has 0 saturated carbocycles. The first kappa shape index (κ1) is 26.2. The molecule has 3 rings (SSSR count). The highest BCUT2D eigenvalue weighted by atomic mass is 16.5. The van der Waals surface area contributed by atoms with E-state index in [-0.39, 0.29) is 23.7 Å². The van der Waals surface area contributed by atoms with Gasteiger partial charge in [-0.3, -0.25) is 9.79 Å². The molecule has 36 heavy (non-hydrogen) atoms. The average Bonchev–Trinajstić information content (AvgIpc) is 2.90. The third-order valence-electron chi connectivity index (χ3n) is 5.33. The number of ether oxygens (including phenoxy) is 5. The first-order chi connectivity index (χ1) is 17.4.